The molecule has 1 aromatic carbocycles. The van der Waals surface area contributed by atoms with Crippen LogP contribution in [0.5, 0.6) is 5.75 Å². The van der Waals surface area contributed by atoms with Gasteiger partial charge in [0.1, 0.15) is 12.0 Å². The van der Waals surface area contributed by atoms with Gasteiger partial charge in [0.2, 0.25) is 5.13 Å². The minimum absolute atomic E-state index is 0.281. The Morgan fingerprint density at radius 2 is 2.22 bits per heavy atom. The highest BCUT2D eigenvalue weighted by Crippen LogP contribution is 2.30. The lowest BCUT2D eigenvalue weighted by Crippen LogP contribution is -2.14. The largest absolute Gasteiger partial charge is 0.496 e. The number of aryl methyl sites for hydroxylation is 1. The van der Waals surface area contributed by atoms with Crippen LogP contribution in [0.4, 0.5) is 5.13 Å². The van der Waals surface area contributed by atoms with Gasteiger partial charge in [-0.2, -0.15) is 0 Å². The van der Waals surface area contributed by atoms with Gasteiger partial charge >= 0.3 is 0 Å². The molecule has 3 aromatic rings. The molecule has 0 spiro atoms. The number of rotatable bonds is 4. The van der Waals surface area contributed by atoms with Crippen molar-refractivity contribution in [2.45, 2.75) is 6.92 Å². The Kier molecular flexibility index (Phi) is 4.44. The van der Waals surface area contributed by atoms with E-state index in [9.17, 15) is 4.79 Å². The number of methoxy groups -OCH3 is 1. The number of hydrogen-bond acceptors (Lipinski definition) is 6. The first-order valence-electron chi connectivity index (χ1n) is 6.61. The number of ether oxygens (including phenoxy) is 1. The molecule has 2 aromatic heterocycles. The van der Waals surface area contributed by atoms with Crippen molar-refractivity contribution in [3.05, 3.63) is 46.3 Å². The number of aromatic nitrogens is 2. The van der Waals surface area contributed by atoms with Crippen LogP contribution in [0.25, 0.3) is 10.6 Å². The van der Waals surface area contributed by atoms with Crippen molar-refractivity contribution in [2.24, 2.45) is 0 Å². The molecule has 23 heavy (non-hydrogen) atoms. The first kappa shape index (κ1) is 15.7. The van der Waals surface area contributed by atoms with Crippen LogP contribution >= 0.6 is 27.3 Å². The summed E-state index contributed by atoms with van der Waals surface area (Å²) < 4.78 is 11.0. The fourth-order valence-electron chi connectivity index (χ4n) is 2.07. The molecular formula is C15H12BrN3O3S. The highest BCUT2D eigenvalue weighted by molar-refractivity contribution is 9.10. The summed E-state index contributed by atoms with van der Waals surface area (Å²) in [5.41, 5.74) is 2.10. The smallest absolute Gasteiger partial charge is 0.261 e. The highest BCUT2D eigenvalue weighted by atomic mass is 79.9. The topological polar surface area (TPSA) is 77.2 Å². The van der Waals surface area contributed by atoms with Crippen LogP contribution in [-0.4, -0.2) is 23.2 Å². The number of carbonyl (C=O) groups excluding carboxylic acids is 1. The van der Waals surface area contributed by atoms with Crippen molar-refractivity contribution in [3.63, 3.8) is 0 Å². The Balaban J connectivity index is 1.83. The normalized spacial score (nSPS) is 10.6. The van der Waals surface area contributed by atoms with E-state index in [4.69, 9.17) is 9.15 Å². The van der Waals surface area contributed by atoms with E-state index in [0.717, 1.165) is 11.1 Å². The number of nitrogens with zero attached hydrogens (tertiary/aromatic N) is 2. The molecule has 2 heterocycles. The summed E-state index contributed by atoms with van der Waals surface area (Å²) in [6.45, 7) is 1.85. The van der Waals surface area contributed by atoms with Gasteiger partial charge in [0.25, 0.3) is 5.91 Å². The molecule has 1 N–H and O–H groups in total. The van der Waals surface area contributed by atoms with Crippen molar-refractivity contribution in [3.8, 4) is 16.3 Å². The summed E-state index contributed by atoms with van der Waals surface area (Å²) >= 11 is 4.50. The van der Waals surface area contributed by atoms with Gasteiger partial charge in [-0.1, -0.05) is 23.5 Å². The first-order chi connectivity index (χ1) is 11.1. The van der Waals surface area contributed by atoms with Crippen LogP contribution in [0, 0.1) is 6.92 Å². The Morgan fingerprint density at radius 1 is 1.39 bits per heavy atom. The second kappa shape index (κ2) is 6.51. The third-order valence-electron chi connectivity index (χ3n) is 3.14. The molecule has 0 aliphatic carbocycles. The second-order valence-corrected chi connectivity index (χ2v) is 6.42. The third-order valence-corrected chi connectivity index (χ3v) is 4.45. The summed E-state index contributed by atoms with van der Waals surface area (Å²) in [7, 11) is 1.53. The average molecular weight is 394 g/mol. The van der Waals surface area contributed by atoms with E-state index in [2.05, 4.69) is 31.4 Å². The van der Waals surface area contributed by atoms with E-state index >= 15 is 0 Å². The van der Waals surface area contributed by atoms with Crippen molar-refractivity contribution in [1.82, 2.24) is 10.2 Å². The zero-order valence-corrected chi connectivity index (χ0v) is 14.7. The number of anilines is 1. The van der Waals surface area contributed by atoms with Crippen LogP contribution in [-0.2, 0) is 0 Å². The van der Waals surface area contributed by atoms with Gasteiger partial charge < -0.3 is 9.15 Å². The van der Waals surface area contributed by atoms with E-state index in [1.54, 1.807) is 18.4 Å². The van der Waals surface area contributed by atoms with Crippen LogP contribution < -0.4 is 10.1 Å². The fourth-order valence-corrected chi connectivity index (χ4v) is 3.13. The van der Waals surface area contributed by atoms with E-state index in [1.807, 2.05) is 19.1 Å². The highest BCUT2D eigenvalue weighted by Gasteiger charge is 2.17. The SMILES string of the molecule is COc1cccc(C)c1C(=O)Nc1nnc(-c2coc(Br)c2)s1. The zero-order valence-electron chi connectivity index (χ0n) is 12.3. The lowest BCUT2D eigenvalue weighted by molar-refractivity contribution is 0.102. The maximum atomic E-state index is 12.5. The molecule has 0 bridgehead atoms. The number of carbonyl (C=O) groups is 1. The van der Waals surface area contributed by atoms with Crippen LogP contribution in [0.1, 0.15) is 15.9 Å². The Morgan fingerprint density at radius 3 is 2.91 bits per heavy atom. The maximum absolute atomic E-state index is 12.5. The molecular weight excluding hydrogens is 382 g/mol. The standard InChI is InChI=1S/C15H12BrN3O3S/c1-8-4-3-5-10(21-2)12(8)13(20)17-15-19-18-14(23-15)9-6-11(16)22-7-9/h3-7H,1-2H3,(H,17,19,20). The van der Waals surface area contributed by atoms with E-state index < -0.39 is 0 Å². The maximum Gasteiger partial charge on any atom is 0.261 e. The van der Waals surface area contributed by atoms with Gasteiger partial charge in [0.05, 0.1) is 18.2 Å². The average Bonchev–Trinajstić information content (AvgIpc) is 3.15. The van der Waals surface area contributed by atoms with Gasteiger partial charge in [-0.05, 0) is 34.5 Å². The predicted molar refractivity (Wildman–Crippen MR) is 91.0 cm³/mol. The van der Waals surface area contributed by atoms with Crippen molar-refractivity contribution < 1.29 is 13.9 Å². The molecule has 0 aliphatic heterocycles. The Labute approximate surface area is 144 Å². The molecule has 1 amide bonds. The summed E-state index contributed by atoms with van der Waals surface area (Å²) in [5, 5.41) is 11.9. The van der Waals surface area contributed by atoms with Gasteiger partial charge in [0.15, 0.2) is 9.68 Å². The Bertz CT molecular complexity index is 859. The molecule has 0 atom stereocenters. The Hall–Kier alpha value is -2.19. The quantitative estimate of drug-likeness (QED) is 0.720. The van der Waals surface area contributed by atoms with Crippen LogP contribution in [0.3, 0.4) is 0 Å². The second-order valence-electron chi connectivity index (χ2n) is 4.66. The van der Waals surface area contributed by atoms with Gasteiger partial charge in [-0.3, -0.25) is 10.1 Å². The summed E-state index contributed by atoms with van der Waals surface area (Å²) in [4.78, 5) is 12.5. The van der Waals surface area contributed by atoms with Gasteiger partial charge in [-0.25, -0.2) is 0 Å². The lowest BCUT2D eigenvalue weighted by Gasteiger charge is -2.10. The number of furan rings is 1. The molecule has 118 valence electrons. The van der Waals surface area contributed by atoms with Gasteiger partial charge in [0, 0.05) is 6.07 Å². The predicted octanol–water partition coefficient (Wildman–Crippen LogP) is 4.13. The molecule has 3 rings (SSSR count). The molecule has 8 heteroatoms. The van der Waals surface area contributed by atoms with Crippen molar-refractivity contribution >= 4 is 38.3 Å². The van der Waals surface area contributed by atoms with E-state index in [1.165, 1.54) is 18.4 Å². The summed E-state index contributed by atoms with van der Waals surface area (Å²) in [5.74, 6) is 0.238. The molecule has 0 radical (unpaired) electrons. The molecule has 0 unspecified atom stereocenters. The van der Waals surface area contributed by atoms with Crippen LogP contribution in [0.15, 0.2) is 39.6 Å². The first-order valence-corrected chi connectivity index (χ1v) is 8.22. The monoisotopic (exact) mass is 393 g/mol. The third kappa shape index (κ3) is 3.27. The molecule has 0 saturated carbocycles. The fraction of sp³-hybridized carbons (Fsp3) is 0.133. The minimum atomic E-state index is -0.281. The molecule has 0 saturated heterocycles. The van der Waals surface area contributed by atoms with Crippen LogP contribution in [0.2, 0.25) is 0 Å². The lowest BCUT2D eigenvalue weighted by atomic mass is 10.1. The van der Waals surface area contributed by atoms with Crippen molar-refractivity contribution in [2.75, 3.05) is 12.4 Å². The molecule has 0 fully saturated rings. The van der Waals surface area contributed by atoms with Gasteiger partial charge in [-0.15, -0.1) is 10.2 Å². The number of benzene rings is 1. The van der Waals surface area contributed by atoms with E-state index in [-0.39, 0.29) is 5.91 Å². The number of halogens is 1. The molecule has 6 nitrogen and oxygen atoms in total. The zero-order chi connectivity index (χ0) is 16.4. The number of amides is 1. The summed E-state index contributed by atoms with van der Waals surface area (Å²) in [6, 6.07) is 7.23. The van der Waals surface area contributed by atoms with E-state index in [0.29, 0.717) is 26.1 Å². The summed E-state index contributed by atoms with van der Waals surface area (Å²) in [6.07, 6.45) is 1.57. The minimum Gasteiger partial charge on any atom is -0.496 e. The molecule has 0 aliphatic rings. The number of hydrogen-bond donors (Lipinski definition) is 1. The number of nitrogens with one attached hydrogen (secondary N) is 1. The van der Waals surface area contributed by atoms with Crippen molar-refractivity contribution in [1.29, 1.82) is 0 Å².